The van der Waals surface area contributed by atoms with Crippen molar-refractivity contribution in [3.63, 3.8) is 0 Å². The maximum Gasteiger partial charge on any atom is 0.407 e. The zero-order chi connectivity index (χ0) is 22.0. The van der Waals surface area contributed by atoms with Crippen LogP contribution < -0.4 is 15.4 Å². The number of carbonyl (C=O) groups excluding carboxylic acids is 1. The van der Waals surface area contributed by atoms with Gasteiger partial charge in [0.15, 0.2) is 5.96 Å². The molecule has 10 heteroatoms. The first-order valence-corrected chi connectivity index (χ1v) is 11.3. The zero-order valence-corrected chi connectivity index (χ0v) is 19.4. The molecule has 0 rings (SSSR count). The SMILES string of the molecule is CCS(=O)(=O)NCCNC(=NC)N(C)CCC(NC(=O)OC(C)(C)C)C(C)C. The Labute approximate surface area is 170 Å². The fraction of sp³-hybridized carbons (Fsp3) is 0.889. The van der Waals surface area contributed by atoms with Crippen molar-refractivity contribution in [3.05, 3.63) is 0 Å². The monoisotopic (exact) mass is 421 g/mol. The van der Waals surface area contributed by atoms with Crippen LogP contribution in [0.5, 0.6) is 0 Å². The molecule has 28 heavy (non-hydrogen) atoms. The molecule has 0 aliphatic rings. The van der Waals surface area contributed by atoms with Crippen LogP contribution in [0.1, 0.15) is 48.0 Å². The van der Waals surface area contributed by atoms with Crippen molar-refractivity contribution in [1.29, 1.82) is 0 Å². The van der Waals surface area contributed by atoms with Gasteiger partial charge in [-0.1, -0.05) is 13.8 Å². The molecule has 0 bridgehead atoms. The Bertz CT molecular complexity index is 600. The first-order chi connectivity index (χ1) is 12.8. The van der Waals surface area contributed by atoms with Crippen molar-refractivity contribution in [1.82, 2.24) is 20.3 Å². The number of carbonyl (C=O) groups is 1. The van der Waals surface area contributed by atoms with Gasteiger partial charge in [0.05, 0.1) is 5.75 Å². The summed E-state index contributed by atoms with van der Waals surface area (Å²) in [7, 11) is 0.378. The second-order valence-electron chi connectivity index (χ2n) is 7.98. The molecule has 1 amide bonds. The molecule has 0 saturated heterocycles. The number of sulfonamides is 1. The molecule has 9 nitrogen and oxygen atoms in total. The molecule has 0 saturated carbocycles. The number of aliphatic imine (C=N–C) groups is 1. The number of ether oxygens (including phenoxy) is 1. The predicted octanol–water partition coefficient (Wildman–Crippen LogP) is 1.37. The normalized spacial score (nSPS) is 14.0. The van der Waals surface area contributed by atoms with Gasteiger partial charge >= 0.3 is 6.09 Å². The van der Waals surface area contributed by atoms with Gasteiger partial charge in [-0.15, -0.1) is 0 Å². The van der Waals surface area contributed by atoms with Crippen LogP contribution >= 0.6 is 0 Å². The van der Waals surface area contributed by atoms with E-state index in [2.05, 4.69) is 34.2 Å². The third kappa shape index (κ3) is 12.0. The van der Waals surface area contributed by atoms with E-state index < -0.39 is 21.7 Å². The maximum atomic E-state index is 12.0. The van der Waals surface area contributed by atoms with Gasteiger partial charge in [0.25, 0.3) is 0 Å². The molecular formula is C18H39N5O4S. The lowest BCUT2D eigenvalue weighted by Gasteiger charge is -2.28. The Hall–Kier alpha value is -1.55. The first-order valence-electron chi connectivity index (χ1n) is 9.70. The second-order valence-corrected chi connectivity index (χ2v) is 10.1. The van der Waals surface area contributed by atoms with Gasteiger partial charge in [0.1, 0.15) is 5.60 Å². The summed E-state index contributed by atoms with van der Waals surface area (Å²) in [6, 6.07) is -0.0354. The Morgan fingerprint density at radius 2 is 1.82 bits per heavy atom. The van der Waals surface area contributed by atoms with Crippen LogP contribution in [0.25, 0.3) is 0 Å². The average molecular weight is 422 g/mol. The summed E-state index contributed by atoms with van der Waals surface area (Å²) < 4.78 is 30.7. The summed E-state index contributed by atoms with van der Waals surface area (Å²) in [5.41, 5.74) is -0.534. The lowest BCUT2D eigenvalue weighted by Crippen LogP contribution is -2.46. The summed E-state index contributed by atoms with van der Waals surface area (Å²) in [5, 5.41) is 6.06. The van der Waals surface area contributed by atoms with Gasteiger partial charge in [-0.2, -0.15) is 0 Å². The van der Waals surface area contributed by atoms with Crippen molar-refractivity contribution in [2.75, 3.05) is 39.5 Å². The van der Waals surface area contributed by atoms with Crippen LogP contribution in [-0.2, 0) is 14.8 Å². The summed E-state index contributed by atoms with van der Waals surface area (Å²) in [5.74, 6) is 0.970. The average Bonchev–Trinajstić information content (AvgIpc) is 2.56. The fourth-order valence-corrected chi connectivity index (χ4v) is 2.95. The molecule has 1 unspecified atom stereocenters. The van der Waals surface area contributed by atoms with E-state index in [-0.39, 0.29) is 24.3 Å². The number of nitrogens with zero attached hydrogens (tertiary/aromatic N) is 2. The maximum absolute atomic E-state index is 12.0. The van der Waals surface area contributed by atoms with Crippen molar-refractivity contribution < 1.29 is 17.9 Å². The highest BCUT2D eigenvalue weighted by Crippen LogP contribution is 2.11. The van der Waals surface area contributed by atoms with E-state index >= 15 is 0 Å². The van der Waals surface area contributed by atoms with Crippen LogP contribution in [0.15, 0.2) is 4.99 Å². The van der Waals surface area contributed by atoms with Crippen molar-refractivity contribution in [3.8, 4) is 0 Å². The topological polar surface area (TPSA) is 112 Å². The van der Waals surface area contributed by atoms with Gasteiger partial charge in [-0.25, -0.2) is 17.9 Å². The Balaban J connectivity index is 4.53. The third-order valence-electron chi connectivity index (χ3n) is 3.97. The molecule has 0 heterocycles. The highest BCUT2D eigenvalue weighted by Gasteiger charge is 2.22. The number of alkyl carbamates (subject to hydrolysis) is 1. The van der Waals surface area contributed by atoms with Crippen LogP contribution in [0.3, 0.4) is 0 Å². The standard InChI is InChI=1S/C18H39N5O4S/c1-9-28(25,26)21-12-11-20-16(19-7)23(8)13-10-15(14(2)3)22-17(24)27-18(4,5)6/h14-15,21H,9-13H2,1-8H3,(H,19,20)(H,22,24). The Kier molecular flexibility index (Phi) is 11.4. The molecule has 3 N–H and O–H groups in total. The minimum Gasteiger partial charge on any atom is -0.444 e. The van der Waals surface area contributed by atoms with Gasteiger partial charge in [-0.05, 0) is 40.0 Å². The highest BCUT2D eigenvalue weighted by molar-refractivity contribution is 7.89. The number of guanidine groups is 1. The van der Waals surface area contributed by atoms with E-state index in [0.717, 1.165) is 6.42 Å². The van der Waals surface area contributed by atoms with Crippen molar-refractivity contribution in [2.45, 2.75) is 59.6 Å². The largest absolute Gasteiger partial charge is 0.444 e. The molecular weight excluding hydrogens is 382 g/mol. The molecule has 0 fully saturated rings. The number of nitrogens with one attached hydrogen (secondary N) is 3. The van der Waals surface area contributed by atoms with Crippen molar-refractivity contribution in [2.24, 2.45) is 10.9 Å². The van der Waals surface area contributed by atoms with Gasteiger partial charge in [-0.3, -0.25) is 4.99 Å². The first kappa shape index (κ1) is 26.4. The van der Waals surface area contributed by atoms with Crippen LogP contribution in [0.2, 0.25) is 0 Å². The number of hydrogen-bond donors (Lipinski definition) is 3. The molecule has 166 valence electrons. The quantitative estimate of drug-likeness (QED) is 0.279. The zero-order valence-electron chi connectivity index (χ0n) is 18.6. The summed E-state index contributed by atoms with van der Waals surface area (Å²) >= 11 is 0. The van der Waals surface area contributed by atoms with Crippen LogP contribution in [0, 0.1) is 5.92 Å². The van der Waals surface area contributed by atoms with Crippen molar-refractivity contribution >= 4 is 22.1 Å². The minimum atomic E-state index is -3.20. The second kappa shape index (κ2) is 12.1. The molecule has 0 spiro atoms. The molecule has 0 aromatic carbocycles. The summed E-state index contributed by atoms with van der Waals surface area (Å²) in [6.45, 7) is 12.6. The van der Waals surface area contributed by atoms with E-state index in [1.54, 1.807) is 14.0 Å². The van der Waals surface area contributed by atoms with Crippen LogP contribution in [0.4, 0.5) is 4.79 Å². The molecule has 0 radical (unpaired) electrons. The number of hydrogen-bond acceptors (Lipinski definition) is 5. The Morgan fingerprint density at radius 1 is 1.21 bits per heavy atom. The fourth-order valence-electron chi connectivity index (χ4n) is 2.34. The van der Waals surface area contributed by atoms with E-state index in [9.17, 15) is 13.2 Å². The Morgan fingerprint density at radius 3 is 2.29 bits per heavy atom. The highest BCUT2D eigenvalue weighted by atomic mass is 32.2. The van der Waals surface area contributed by atoms with Gasteiger partial charge in [0.2, 0.25) is 10.0 Å². The number of amides is 1. The smallest absolute Gasteiger partial charge is 0.407 e. The number of rotatable bonds is 10. The van der Waals surface area contributed by atoms with E-state index in [0.29, 0.717) is 19.0 Å². The van der Waals surface area contributed by atoms with E-state index in [4.69, 9.17) is 4.74 Å². The molecule has 0 aromatic rings. The van der Waals surface area contributed by atoms with Gasteiger partial charge < -0.3 is 20.3 Å². The third-order valence-corrected chi connectivity index (χ3v) is 5.37. The molecule has 0 aromatic heterocycles. The predicted molar refractivity (Wildman–Crippen MR) is 114 cm³/mol. The van der Waals surface area contributed by atoms with E-state index in [1.807, 2.05) is 32.7 Å². The molecule has 1 atom stereocenters. The molecule has 0 aliphatic carbocycles. The van der Waals surface area contributed by atoms with Crippen LogP contribution in [-0.4, -0.2) is 76.5 Å². The molecule has 0 aliphatic heterocycles. The van der Waals surface area contributed by atoms with E-state index in [1.165, 1.54) is 0 Å². The summed E-state index contributed by atoms with van der Waals surface area (Å²) in [6.07, 6.45) is 0.302. The lowest BCUT2D eigenvalue weighted by molar-refractivity contribution is 0.0485. The van der Waals surface area contributed by atoms with Gasteiger partial charge in [0, 0.05) is 39.8 Å². The summed E-state index contributed by atoms with van der Waals surface area (Å²) in [4.78, 5) is 18.2. The lowest BCUT2D eigenvalue weighted by atomic mass is 10.0. The minimum absolute atomic E-state index is 0.0354.